The number of hydrogen-bond donors (Lipinski definition) is 1. The molecule has 1 aromatic rings. The number of amidine groups is 1. The Bertz CT molecular complexity index is 367. The molecule has 0 saturated heterocycles. The Labute approximate surface area is 78.9 Å². The highest BCUT2D eigenvalue weighted by Gasteiger charge is 2.00. The van der Waals surface area contributed by atoms with Gasteiger partial charge in [-0.3, -0.25) is 0 Å². The summed E-state index contributed by atoms with van der Waals surface area (Å²) in [6.45, 7) is 0. The maximum absolute atomic E-state index is 8.47. The summed E-state index contributed by atoms with van der Waals surface area (Å²) in [4.78, 5) is 2.51. The zero-order chi connectivity index (χ0) is 9.68. The average Bonchev–Trinajstić information content (AvgIpc) is 2.16. The molecule has 0 unspecified atom stereocenters. The quantitative estimate of drug-likeness (QED) is 0.140. The third kappa shape index (κ3) is 2.37. The minimum absolute atomic E-state index is 0.0841. The van der Waals surface area contributed by atoms with E-state index in [1.807, 2.05) is 0 Å². The Morgan fingerprint density at radius 3 is 2.46 bits per heavy atom. The fourth-order valence-corrected chi connectivity index (χ4v) is 0.903. The molecular weight excluding hydrogens is 192 g/mol. The second kappa shape index (κ2) is 4.35. The first-order chi connectivity index (χ1) is 6.27. The van der Waals surface area contributed by atoms with Crippen LogP contribution in [0.4, 0.5) is 0 Å². The molecule has 0 aliphatic heterocycles. The van der Waals surface area contributed by atoms with Gasteiger partial charge in [0.25, 0.3) is 0 Å². The molecule has 0 bridgehead atoms. The molecule has 66 valence electrons. The Morgan fingerprint density at radius 1 is 1.38 bits per heavy atom. The van der Waals surface area contributed by atoms with E-state index in [2.05, 4.69) is 15.2 Å². The first-order valence-electron chi connectivity index (χ1n) is 3.31. The molecule has 13 heavy (non-hydrogen) atoms. The van der Waals surface area contributed by atoms with Gasteiger partial charge in [-0.1, -0.05) is 28.9 Å². The van der Waals surface area contributed by atoms with E-state index >= 15 is 0 Å². The standard InChI is InChI=1S/C7H5ClN4O/c8-6-3-1-5(2-4-6)7(11-13)10-12-9/h1-4,13H. The number of hydrogen-bond acceptors (Lipinski definition) is 2. The maximum atomic E-state index is 8.47. The second-order valence-corrected chi connectivity index (χ2v) is 2.56. The Balaban J connectivity index is 3.07. The molecule has 6 heteroatoms. The molecule has 0 radical (unpaired) electrons. The summed E-state index contributed by atoms with van der Waals surface area (Å²) >= 11 is 5.63. The molecule has 0 spiro atoms. The van der Waals surface area contributed by atoms with Gasteiger partial charge in [-0.05, 0) is 22.8 Å². The van der Waals surface area contributed by atoms with E-state index in [1.54, 1.807) is 24.3 Å². The van der Waals surface area contributed by atoms with Crippen molar-refractivity contribution in [2.24, 2.45) is 10.3 Å². The lowest BCUT2D eigenvalue weighted by molar-refractivity contribution is 0.318. The van der Waals surface area contributed by atoms with Crippen molar-refractivity contribution in [2.75, 3.05) is 0 Å². The largest absolute Gasteiger partial charge is 0.410 e. The summed E-state index contributed by atoms with van der Waals surface area (Å²) in [6.07, 6.45) is 0. The van der Waals surface area contributed by atoms with E-state index in [-0.39, 0.29) is 5.84 Å². The van der Waals surface area contributed by atoms with Gasteiger partial charge in [-0.15, -0.1) is 0 Å². The van der Waals surface area contributed by atoms with Gasteiger partial charge in [0, 0.05) is 15.5 Å². The molecule has 0 heterocycles. The molecule has 0 atom stereocenters. The van der Waals surface area contributed by atoms with Gasteiger partial charge in [-0.25, -0.2) is 0 Å². The van der Waals surface area contributed by atoms with Crippen LogP contribution < -0.4 is 0 Å². The minimum Gasteiger partial charge on any atom is -0.410 e. The van der Waals surface area contributed by atoms with Crippen LogP contribution >= 0.6 is 11.6 Å². The highest BCUT2D eigenvalue weighted by molar-refractivity contribution is 6.30. The number of oxime groups is 1. The van der Waals surface area contributed by atoms with E-state index in [9.17, 15) is 0 Å². The lowest BCUT2D eigenvalue weighted by Gasteiger charge is -1.96. The van der Waals surface area contributed by atoms with E-state index < -0.39 is 0 Å². The Morgan fingerprint density at radius 2 is 2.00 bits per heavy atom. The van der Waals surface area contributed by atoms with Crippen molar-refractivity contribution in [3.8, 4) is 0 Å². The van der Waals surface area contributed by atoms with Gasteiger partial charge in [0.15, 0.2) is 5.84 Å². The monoisotopic (exact) mass is 196 g/mol. The van der Waals surface area contributed by atoms with Crippen molar-refractivity contribution >= 4 is 17.4 Å². The van der Waals surface area contributed by atoms with Crippen LogP contribution in [0.5, 0.6) is 0 Å². The smallest absolute Gasteiger partial charge is 0.173 e. The summed E-state index contributed by atoms with van der Waals surface area (Å²) in [5.41, 5.74) is 8.63. The summed E-state index contributed by atoms with van der Waals surface area (Å²) in [7, 11) is 0. The fraction of sp³-hybridized carbons (Fsp3) is 0. The van der Waals surface area contributed by atoms with Crippen molar-refractivity contribution < 1.29 is 5.21 Å². The van der Waals surface area contributed by atoms with E-state index in [0.29, 0.717) is 10.6 Å². The first kappa shape index (κ1) is 9.38. The molecular formula is C7H5ClN4O. The number of nitrogens with zero attached hydrogens (tertiary/aromatic N) is 4. The zero-order valence-electron chi connectivity index (χ0n) is 6.42. The predicted molar refractivity (Wildman–Crippen MR) is 48.9 cm³/mol. The molecule has 1 N–H and O–H groups in total. The van der Waals surface area contributed by atoms with Gasteiger partial charge in [-0.2, -0.15) is 0 Å². The van der Waals surface area contributed by atoms with Crippen molar-refractivity contribution in [1.29, 1.82) is 0 Å². The van der Waals surface area contributed by atoms with Crippen molar-refractivity contribution in [2.45, 2.75) is 0 Å². The van der Waals surface area contributed by atoms with Crippen LogP contribution in [0.1, 0.15) is 5.56 Å². The van der Waals surface area contributed by atoms with Crippen LogP contribution in [0.2, 0.25) is 5.02 Å². The molecule has 0 aromatic heterocycles. The van der Waals surface area contributed by atoms with Gasteiger partial charge in [0.1, 0.15) is 0 Å². The second-order valence-electron chi connectivity index (χ2n) is 2.12. The highest BCUT2D eigenvalue weighted by Crippen LogP contribution is 2.10. The normalized spacial score (nSPS) is 10.7. The number of rotatable bonds is 1. The van der Waals surface area contributed by atoms with Gasteiger partial charge in [0.2, 0.25) is 0 Å². The average molecular weight is 197 g/mol. The SMILES string of the molecule is [N-]=[N+]=NC(=NO)c1ccc(Cl)cc1. The molecule has 0 fully saturated rings. The highest BCUT2D eigenvalue weighted by atomic mass is 35.5. The fourth-order valence-electron chi connectivity index (χ4n) is 0.777. The lowest BCUT2D eigenvalue weighted by Crippen LogP contribution is -1.94. The Hall–Kier alpha value is -1.71. The van der Waals surface area contributed by atoms with E-state index in [4.69, 9.17) is 22.3 Å². The van der Waals surface area contributed by atoms with Crippen LogP contribution in [-0.4, -0.2) is 11.0 Å². The summed E-state index contributed by atoms with van der Waals surface area (Å²) in [6, 6.07) is 6.39. The molecule has 0 aliphatic carbocycles. The topological polar surface area (TPSA) is 81.4 Å². The molecule has 1 rings (SSSR count). The van der Waals surface area contributed by atoms with Gasteiger partial charge in [0.05, 0.1) is 0 Å². The number of halogens is 1. The van der Waals surface area contributed by atoms with Gasteiger partial charge < -0.3 is 5.21 Å². The van der Waals surface area contributed by atoms with Crippen molar-refractivity contribution in [3.05, 3.63) is 45.3 Å². The van der Waals surface area contributed by atoms with Crippen molar-refractivity contribution in [3.63, 3.8) is 0 Å². The molecule has 1 aromatic carbocycles. The third-order valence-corrected chi connectivity index (χ3v) is 1.59. The maximum Gasteiger partial charge on any atom is 0.173 e. The van der Waals surface area contributed by atoms with Crippen LogP contribution in [0, 0.1) is 0 Å². The molecule has 0 amide bonds. The summed E-state index contributed by atoms with van der Waals surface area (Å²) in [5.74, 6) is -0.0841. The van der Waals surface area contributed by atoms with Gasteiger partial charge >= 0.3 is 0 Å². The zero-order valence-corrected chi connectivity index (χ0v) is 7.18. The summed E-state index contributed by atoms with van der Waals surface area (Å²) in [5, 5.41) is 15.0. The van der Waals surface area contributed by atoms with E-state index in [1.165, 1.54) is 0 Å². The van der Waals surface area contributed by atoms with Crippen LogP contribution in [-0.2, 0) is 0 Å². The predicted octanol–water partition coefficient (Wildman–Crippen LogP) is 2.79. The minimum atomic E-state index is -0.0841. The third-order valence-electron chi connectivity index (χ3n) is 1.34. The Kier molecular flexibility index (Phi) is 3.14. The van der Waals surface area contributed by atoms with Crippen LogP contribution in [0.25, 0.3) is 10.4 Å². The number of benzene rings is 1. The summed E-state index contributed by atoms with van der Waals surface area (Å²) < 4.78 is 0. The van der Waals surface area contributed by atoms with E-state index in [0.717, 1.165) is 0 Å². The number of azide groups is 1. The van der Waals surface area contributed by atoms with Crippen LogP contribution in [0.3, 0.4) is 0 Å². The lowest BCUT2D eigenvalue weighted by atomic mass is 10.2. The molecule has 0 saturated carbocycles. The van der Waals surface area contributed by atoms with Crippen LogP contribution in [0.15, 0.2) is 34.5 Å². The molecule has 5 nitrogen and oxygen atoms in total. The molecule has 0 aliphatic rings. The van der Waals surface area contributed by atoms with Crippen molar-refractivity contribution in [1.82, 2.24) is 0 Å². The first-order valence-corrected chi connectivity index (χ1v) is 3.69.